The first-order valence-corrected chi connectivity index (χ1v) is 9.94. The summed E-state index contributed by atoms with van der Waals surface area (Å²) in [6.45, 7) is 0. The van der Waals surface area contributed by atoms with E-state index in [0.29, 0.717) is 39.9 Å². The van der Waals surface area contributed by atoms with E-state index in [9.17, 15) is 13.6 Å². The van der Waals surface area contributed by atoms with Gasteiger partial charge in [0.05, 0.1) is 32.8 Å². The number of carbonyl (C=O) groups is 1. The number of amides is 1. The number of hydrogen-bond donors (Lipinski definition) is 1. The number of rotatable bonds is 8. The Labute approximate surface area is 181 Å². The molecule has 2 aromatic carbocycles. The molecule has 0 saturated carbocycles. The van der Waals surface area contributed by atoms with Gasteiger partial charge in [-0.1, -0.05) is 11.8 Å². The molecule has 8 nitrogen and oxygen atoms in total. The van der Waals surface area contributed by atoms with Crippen LogP contribution in [-0.4, -0.2) is 47.8 Å². The van der Waals surface area contributed by atoms with Crippen LogP contribution in [0.1, 0.15) is 0 Å². The van der Waals surface area contributed by atoms with Gasteiger partial charge in [0.2, 0.25) is 11.7 Å². The molecule has 31 heavy (non-hydrogen) atoms. The van der Waals surface area contributed by atoms with Gasteiger partial charge in [0, 0.05) is 18.7 Å². The Bertz CT molecular complexity index is 1080. The van der Waals surface area contributed by atoms with Crippen molar-refractivity contribution in [3.8, 4) is 28.6 Å². The largest absolute Gasteiger partial charge is 0.493 e. The van der Waals surface area contributed by atoms with Crippen molar-refractivity contribution in [1.29, 1.82) is 0 Å². The van der Waals surface area contributed by atoms with Gasteiger partial charge in [-0.2, -0.15) is 0 Å². The van der Waals surface area contributed by atoms with Crippen molar-refractivity contribution in [2.75, 3.05) is 32.4 Å². The fraction of sp³-hybridized carbons (Fsp3) is 0.250. The first-order valence-electron chi connectivity index (χ1n) is 8.95. The fourth-order valence-corrected chi connectivity index (χ4v) is 3.52. The van der Waals surface area contributed by atoms with Gasteiger partial charge in [-0.3, -0.25) is 4.79 Å². The molecule has 1 aromatic heterocycles. The van der Waals surface area contributed by atoms with Gasteiger partial charge >= 0.3 is 0 Å². The number of nitrogens with zero attached hydrogens (tertiary/aromatic N) is 3. The van der Waals surface area contributed by atoms with Crippen LogP contribution in [0, 0.1) is 11.6 Å². The van der Waals surface area contributed by atoms with Gasteiger partial charge < -0.3 is 24.1 Å². The van der Waals surface area contributed by atoms with Crippen molar-refractivity contribution >= 4 is 23.4 Å². The van der Waals surface area contributed by atoms with Crippen LogP contribution in [0.4, 0.5) is 14.5 Å². The van der Waals surface area contributed by atoms with Crippen molar-refractivity contribution in [2.24, 2.45) is 7.05 Å². The summed E-state index contributed by atoms with van der Waals surface area (Å²) in [4.78, 5) is 12.2. The van der Waals surface area contributed by atoms with E-state index in [1.807, 2.05) is 0 Å². The van der Waals surface area contributed by atoms with E-state index in [2.05, 4.69) is 15.5 Å². The molecule has 3 aromatic rings. The molecule has 164 valence electrons. The fourth-order valence-electron chi connectivity index (χ4n) is 2.81. The van der Waals surface area contributed by atoms with E-state index in [1.54, 1.807) is 23.7 Å². The maximum Gasteiger partial charge on any atom is 0.234 e. The van der Waals surface area contributed by atoms with Crippen molar-refractivity contribution < 1.29 is 27.8 Å². The second-order valence-electron chi connectivity index (χ2n) is 6.24. The van der Waals surface area contributed by atoms with Crippen LogP contribution < -0.4 is 19.5 Å². The number of nitrogens with one attached hydrogen (secondary N) is 1. The Hall–Kier alpha value is -3.34. The number of aromatic nitrogens is 3. The number of carbonyl (C=O) groups excluding carboxylic acids is 1. The van der Waals surface area contributed by atoms with E-state index in [-0.39, 0.29) is 11.4 Å². The third kappa shape index (κ3) is 4.88. The van der Waals surface area contributed by atoms with E-state index in [4.69, 9.17) is 14.2 Å². The van der Waals surface area contributed by atoms with Crippen molar-refractivity contribution in [2.45, 2.75) is 5.16 Å². The Morgan fingerprint density at radius 1 is 1.06 bits per heavy atom. The minimum atomic E-state index is -0.846. The van der Waals surface area contributed by atoms with Crippen LogP contribution in [0.15, 0.2) is 35.5 Å². The molecule has 0 aliphatic rings. The summed E-state index contributed by atoms with van der Waals surface area (Å²) in [6.07, 6.45) is 0. The summed E-state index contributed by atoms with van der Waals surface area (Å²) in [5.74, 6) is -0.165. The van der Waals surface area contributed by atoms with Crippen molar-refractivity contribution in [1.82, 2.24) is 14.8 Å². The summed E-state index contributed by atoms with van der Waals surface area (Å²) in [7, 11) is 6.29. The lowest BCUT2D eigenvalue weighted by molar-refractivity contribution is -0.113. The van der Waals surface area contributed by atoms with Crippen LogP contribution >= 0.6 is 11.8 Å². The lowest BCUT2D eigenvalue weighted by Crippen LogP contribution is -2.15. The Balaban J connectivity index is 1.75. The molecule has 0 fully saturated rings. The number of hydrogen-bond acceptors (Lipinski definition) is 7. The number of ether oxygens (including phenoxy) is 3. The molecule has 1 amide bonds. The van der Waals surface area contributed by atoms with E-state index < -0.39 is 17.5 Å². The first-order chi connectivity index (χ1) is 14.9. The molecule has 0 aliphatic heterocycles. The van der Waals surface area contributed by atoms with Crippen LogP contribution in [-0.2, 0) is 11.8 Å². The smallest absolute Gasteiger partial charge is 0.234 e. The monoisotopic (exact) mass is 450 g/mol. The first kappa shape index (κ1) is 22.3. The molecule has 0 spiro atoms. The van der Waals surface area contributed by atoms with E-state index >= 15 is 0 Å². The molecule has 0 bridgehead atoms. The maximum absolute atomic E-state index is 13.7. The zero-order valence-electron chi connectivity index (χ0n) is 17.2. The minimum Gasteiger partial charge on any atom is -0.493 e. The molecule has 1 N–H and O–H groups in total. The number of halogens is 2. The average Bonchev–Trinajstić information content (AvgIpc) is 3.13. The summed E-state index contributed by atoms with van der Waals surface area (Å²) in [6, 6.07) is 6.42. The summed E-state index contributed by atoms with van der Waals surface area (Å²) < 4.78 is 44.4. The quantitative estimate of drug-likeness (QED) is 0.526. The predicted molar refractivity (Wildman–Crippen MR) is 112 cm³/mol. The molecule has 0 aliphatic carbocycles. The van der Waals surface area contributed by atoms with Crippen molar-refractivity contribution in [3.05, 3.63) is 42.0 Å². The summed E-state index contributed by atoms with van der Waals surface area (Å²) in [5, 5.41) is 11.2. The third-order valence-corrected chi connectivity index (χ3v) is 5.32. The Morgan fingerprint density at radius 3 is 2.32 bits per heavy atom. The molecule has 0 radical (unpaired) electrons. The van der Waals surface area contributed by atoms with Crippen LogP contribution in [0.5, 0.6) is 17.2 Å². The lowest BCUT2D eigenvalue weighted by atomic mass is 10.1. The lowest BCUT2D eigenvalue weighted by Gasteiger charge is -2.14. The number of anilines is 1. The number of thioether (sulfide) groups is 1. The van der Waals surface area contributed by atoms with Gasteiger partial charge in [0.25, 0.3) is 0 Å². The second-order valence-corrected chi connectivity index (χ2v) is 7.18. The Kier molecular flexibility index (Phi) is 6.95. The standard InChI is InChI=1S/C20H20F2N4O4S/c1-26-19(11-7-15(28-2)18(30-4)16(8-11)29-3)24-25-20(26)31-10-17(27)23-14-6-5-12(21)9-13(14)22/h5-9H,10H2,1-4H3,(H,23,27). The second kappa shape index (κ2) is 9.65. The molecular formula is C20H20F2N4O4S. The molecule has 0 atom stereocenters. The minimum absolute atomic E-state index is 0.0436. The van der Waals surface area contributed by atoms with Gasteiger partial charge in [-0.25, -0.2) is 8.78 Å². The normalized spacial score (nSPS) is 10.6. The Morgan fingerprint density at radius 2 is 1.74 bits per heavy atom. The summed E-state index contributed by atoms with van der Waals surface area (Å²) in [5.41, 5.74) is 0.581. The van der Waals surface area contributed by atoms with Gasteiger partial charge in [-0.15, -0.1) is 10.2 Å². The van der Waals surface area contributed by atoms with Gasteiger partial charge in [0.1, 0.15) is 11.6 Å². The zero-order valence-corrected chi connectivity index (χ0v) is 18.0. The SMILES string of the molecule is COc1cc(-c2nnc(SCC(=O)Nc3ccc(F)cc3F)n2C)cc(OC)c1OC. The molecule has 11 heteroatoms. The molecular weight excluding hydrogens is 430 g/mol. The highest BCUT2D eigenvalue weighted by Gasteiger charge is 2.19. The highest BCUT2D eigenvalue weighted by molar-refractivity contribution is 7.99. The highest BCUT2D eigenvalue weighted by atomic mass is 32.2. The van der Waals surface area contributed by atoms with Gasteiger partial charge in [0.15, 0.2) is 22.5 Å². The molecule has 0 saturated heterocycles. The topological polar surface area (TPSA) is 87.5 Å². The van der Waals surface area contributed by atoms with E-state index in [0.717, 1.165) is 23.9 Å². The molecule has 3 rings (SSSR count). The molecule has 0 unspecified atom stereocenters. The number of benzene rings is 2. The molecule has 1 heterocycles. The van der Waals surface area contributed by atoms with E-state index in [1.165, 1.54) is 21.3 Å². The van der Waals surface area contributed by atoms with Crippen molar-refractivity contribution in [3.63, 3.8) is 0 Å². The van der Waals surface area contributed by atoms with Gasteiger partial charge in [-0.05, 0) is 24.3 Å². The van der Waals surface area contributed by atoms with Crippen LogP contribution in [0.25, 0.3) is 11.4 Å². The maximum atomic E-state index is 13.7. The van der Waals surface area contributed by atoms with Crippen LogP contribution in [0.2, 0.25) is 0 Å². The summed E-state index contributed by atoms with van der Waals surface area (Å²) >= 11 is 1.12. The zero-order chi connectivity index (χ0) is 22.5. The average molecular weight is 450 g/mol. The third-order valence-electron chi connectivity index (χ3n) is 4.30. The predicted octanol–water partition coefficient (Wildman–Crippen LogP) is 3.52. The van der Waals surface area contributed by atoms with Crippen LogP contribution in [0.3, 0.4) is 0 Å². The number of methoxy groups -OCH3 is 3. The highest BCUT2D eigenvalue weighted by Crippen LogP contribution is 2.41.